The molecule has 23 heavy (non-hydrogen) atoms. The van der Waals surface area contributed by atoms with Crippen molar-refractivity contribution < 1.29 is 26.7 Å². The van der Waals surface area contributed by atoms with Crippen molar-refractivity contribution in [1.82, 2.24) is 9.78 Å². The third-order valence-corrected chi connectivity index (χ3v) is 6.20. The third kappa shape index (κ3) is 3.82. The largest absolute Gasteiger partial charge is 0.478 e. The Labute approximate surface area is 134 Å². The first-order chi connectivity index (χ1) is 10.5. The predicted molar refractivity (Wildman–Crippen MR) is 78.6 cm³/mol. The Morgan fingerprint density at radius 1 is 1.35 bits per heavy atom. The number of benzene rings is 1. The molecule has 0 aliphatic heterocycles. The Kier molecular flexibility index (Phi) is 4.39. The number of aromatic carboxylic acids is 1. The van der Waals surface area contributed by atoms with Crippen molar-refractivity contribution in [1.29, 1.82) is 0 Å². The molecule has 0 aliphatic carbocycles. The molecule has 13 heteroatoms. The second-order valence-electron chi connectivity index (χ2n) is 4.22. The normalized spacial score (nSPS) is 13.2. The molecule has 0 atom stereocenters. The van der Waals surface area contributed by atoms with Gasteiger partial charge in [0.05, 0.1) is 10.5 Å². The van der Waals surface area contributed by atoms with Crippen molar-refractivity contribution in [2.24, 2.45) is 16.6 Å². The fourth-order valence-corrected chi connectivity index (χ4v) is 4.28. The van der Waals surface area contributed by atoms with E-state index in [9.17, 15) is 21.6 Å². The van der Waals surface area contributed by atoms with Gasteiger partial charge in [0.25, 0.3) is 20.0 Å². The summed E-state index contributed by atoms with van der Waals surface area (Å²) < 4.78 is 50.8. The van der Waals surface area contributed by atoms with Crippen LogP contribution in [-0.2, 0) is 27.1 Å². The summed E-state index contributed by atoms with van der Waals surface area (Å²) in [6.45, 7) is 0. The highest BCUT2D eigenvalue weighted by atomic mass is 32.2. The quantitative estimate of drug-likeness (QED) is 0.697. The Morgan fingerprint density at radius 3 is 2.52 bits per heavy atom. The molecule has 0 spiro atoms. The molecule has 124 valence electrons. The van der Waals surface area contributed by atoms with Crippen molar-refractivity contribution in [3.8, 4) is 0 Å². The number of rotatable bonds is 4. The molecular weight excluding hydrogens is 368 g/mol. The molecule has 0 radical (unpaired) electrons. The zero-order valence-corrected chi connectivity index (χ0v) is 13.9. The number of carboxylic acids is 1. The first-order valence-electron chi connectivity index (χ1n) is 5.72. The van der Waals surface area contributed by atoms with Gasteiger partial charge in [-0.1, -0.05) is 17.4 Å². The lowest BCUT2D eigenvalue weighted by atomic mass is 10.2. The lowest BCUT2D eigenvalue weighted by Crippen LogP contribution is -2.15. The van der Waals surface area contributed by atoms with Crippen LogP contribution >= 0.6 is 11.3 Å². The maximum Gasteiger partial charge on any atom is 0.335 e. The molecule has 2 aromatic rings. The Balaban J connectivity index is 2.60. The maximum absolute atomic E-state index is 12.2. The molecule has 0 aliphatic rings. The topological polar surface area (TPSA) is 162 Å². The molecule has 3 N–H and O–H groups in total. The molecule has 10 nitrogen and oxygen atoms in total. The number of aryl methyl sites for hydroxylation is 1. The summed E-state index contributed by atoms with van der Waals surface area (Å²) >= 11 is 0.475. The molecule has 1 aromatic carbocycles. The van der Waals surface area contributed by atoms with Gasteiger partial charge in [-0.05, 0) is 18.2 Å². The SMILES string of the molecule is Cn1nc(S(N)(=O)=O)s/c1=N/S(=O)(=O)c1cccc(C(=O)O)c1. The molecule has 0 bridgehead atoms. The monoisotopic (exact) mass is 378 g/mol. The zero-order chi connectivity index (χ0) is 17.4. The van der Waals surface area contributed by atoms with Crippen molar-refractivity contribution in [2.75, 3.05) is 0 Å². The van der Waals surface area contributed by atoms with Crippen molar-refractivity contribution >= 4 is 37.4 Å². The van der Waals surface area contributed by atoms with Gasteiger partial charge in [0.15, 0.2) is 0 Å². The Hall–Kier alpha value is -2.09. The summed E-state index contributed by atoms with van der Waals surface area (Å²) in [4.78, 5) is 10.3. The minimum absolute atomic E-state index is 0.222. The van der Waals surface area contributed by atoms with E-state index >= 15 is 0 Å². The third-order valence-electron chi connectivity index (χ3n) is 2.51. The Morgan fingerprint density at radius 2 is 2.00 bits per heavy atom. The van der Waals surface area contributed by atoms with E-state index in [0.717, 1.165) is 10.7 Å². The highest BCUT2D eigenvalue weighted by molar-refractivity contribution is 7.91. The van der Waals surface area contributed by atoms with Crippen LogP contribution in [-0.4, -0.2) is 37.7 Å². The average molecular weight is 378 g/mol. The average Bonchev–Trinajstić information content (AvgIpc) is 2.80. The van der Waals surface area contributed by atoms with E-state index in [0.29, 0.717) is 11.3 Å². The molecule has 1 aromatic heterocycles. The van der Waals surface area contributed by atoms with E-state index in [4.69, 9.17) is 10.2 Å². The van der Waals surface area contributed by atoms with E-state index in [1.165, 1.54) is 25.2 Å². The lowest BCUT2D eigenvalue weighted by molar-refractivity contribution is 0.0696. The van der Waals surface area contributed by atoms with Crippen LogP contribution < -0.4 is 9.94 Å². The highest BCUT2D eigenvalue weighted by Gasteiger charge is 2.18. The molecule has 0 fully saturated rings. The van der Waals surface area contributed by atoms with Crippen LogP contribution in [0.4, 0.5) is 0 Å². The summed E-state index contributed by atoms with van der Waals surface area (Å²) in [6.07, 6.45) is 0. The van der Waals surface area contributed by atoms with E-state index in [1.54, 1.807) is 0 Å². The summed E-state index contributed by atoms with van der Waals surface area (Å²) in [5.74, 6) is -1.29. The summed E-state index contributed by atoms with van der Waals surface area (Å²) in [5.41, 5.74) is -0.222. The van der Waals surface area contributed by atoms with Crippen LogP contribution in [0.2, 0.25) is 0 Å². The summed E-state index contributed by atoms with van der Waals surface area (Å²) in [5, 5.41) is 17.4. The smallest absolute Gasteiger partial charge is 0.335 e. The van der Waals surface area contributed by atoms with Crippen LogP contribution in [0.3, 0.4) is 0 Å². The molecule has 1 heterocycles. The molecule has 0 amide bonds. The lowest BCUT2D eigenvalue weighted by Gasteiger charge is -1.99. The standard InChI is InChI=1S/C10H10N4O6S3/c1-14-9(21-10(12-14)22(11,17)18)13-23(19,20)7-4-2-3-6(5-7)8(15)16/h2-5H,1H3,(H,15,16)(H2,11,17,18)/b13-9+. The van der Waals surface area contributed by atoms with Gasteiger partial charge in [0.2, 0.25) is 9.14 Å². The van der Waals surface area contributed by atoms with Gasteiger partial charge in [0.1, 0.15) is 0 Å². The second kappa shape index (κ2) is 5.84. The van der Waals surface area contributed by atoms with Gasteiger partial charge in [-0.15, -0.1) is 9.50 Å². The minimum atomic E-state index is -4.25. The van der Waals surface area contributed by atoms with Crippen molar-refractivity contribution in [3.05, 3.63) is 34.6 Å². The predicted octanol–water partition coefficient (Wildman–Crippen LogP) is -0.883. The fraction of sp³-hybridized carbons (Fsp3) is 0.100. The molecule has 0 saturated heterocycles. The number of sulfonamides is 2. The highest BCUT2D eigenvalue weighted by Crippen LogP contribution is 2.14. The van der Waals surface area contributed by atoms with Crippen LogP contribution in [0.5, 0.6) is 0 Å². The van der Waals surface area contributed by atoms with Crippen molar-refractivity contribution in [3.63, 3.8) is 0 Å². The first kappa shape index (κ1) is 17.3. The van der Waals surface area contributed by atoms with Crippen LogP contribution in [0.15, 0.2) is 37.9 Å². The number of hydrogen-bond donors (Lipinski definition) is 2. The molecular formula is C10H10N4O6S3. The van der Waals surface area contributed by atoms with E-state index < -0.39 is 30.4 Å². The van der Waals surface area contributed by atoms with Gasteiger partial charge in [-0.3, -0.25) is 0 Å². The van der Waals surface area contributed by atoms with Gasteiger partial charge in [-0.25, -0.2) is 23.0 Å². The minimum Gasteiger partial charge on any atom is -0.478 e. The fourth-order valence-electron chi connectivity index (χ4n) is 1.47. The number of hydrogen-bond acceptors (Lipinski definition) is 7. The second-order valence-corrected chi connectivity index (χ2v) is 8.51. The van der Waals surface area contributed by atoms with Crippen LogP contribution in [0.1, 0.15) is 10.4 Å². The van der Waals surface area contributed by atoms with Gasteiger partial charge >= 0.3 is 5.97 Å². The molecule has 0 unspecified atom stereocenters. The number of carboxylic acid groups (broad SMARTS) is 1. The summed E-state index contributed by atoms with van der Waals surface area (Å²) in [7, 11) is -7.04. The number of primary sulfonamides is 1. The van der Waals surface area contributed by atoms with E-state index in [2.05, 4.69) is 9.50 Å². The number of aromatic nitrogens is 2. The van der Waals surface area contributed by atoms with E-state index in [-0.39, 0.29) is 15.3 Å². The van der Waals surface area contributed by atoms with Crippen molar-refractivity contribution in [2.45, 2.75) is 9.24 Å². The van der Waals surface area contributed by atoms with Crippen LogP contribution in [0.25, 0.3) is 0 Å². The number of nitrogens with zero attached hydrogens (tertiary/aromatic N) is 3. The molecule has 2 rings (SSSR count). The van der Waals surface area contributed by atoms with Gasteiger partial charge in [0, 0.05) is 7.05 Å². The molecule has 0 saturated carbocycles. The summed E-state index contributed by atoms with van der Waals surface area (Å²) in [6, 6.07) is 4.61. The van der Waals surface area contributed by atoms with E-state index in [1.807, 2.05) is 0 Å². The Bertz CT molecular complexity index is 1050. The van der Waals surface area contributed by atoms with Crippen LogP contribution in [0, 0.1) is 0 Å². The number of carbonyl (C=O) groups is 1. The number of nitrogens with two attached hydrogens (primary N) is 1. The first-order valence-corrected chi connectivity index (χ1v) is 9.52. The zero-order valence-electron chi connectivity index (χ0n) is 11.4. The maximum atomic E-state index is 12.2. The van der Waals surface area contributed by atoms with Gasteiger partial charge < -0.3 is 5.11 Å². The van der Waals surface area contributed by atoms with Gasteiger partial charge in [-0.2, -0.15) is 8.42 Å².